The zero-order valence-corrected chi connectivity index (χ0v) is 25.0. The molecule has 0 saturated heterocycles. The lowest BCUT2D eigenvalue weighted by Gasteiger charge is -2.22. The van der Waals surface area contributed by atoms with E-state index in [4.69, 9.17) is 38.9 Å². The number of hydrogen-bond acceptors (Lipinski definition) is 9. The first-order valence-electron chi connectivity index (χ1n) is 14.8. The van der Waals surface area contributed by atoms with E-state index >= 15 is 0 Å². The van der Waals surface area contributed by atoms with Crippen molar-refractivity contribution in [3.63, 3.8) is 0 Å². The smallest absolute Gasteiger partial charge is 0.207 e. The first kappa shape index (κ1) is 36.8. The molecule has 246 valence electrons. The topological polar surface area (TPSA) is 103 Å². The number of hydrogen-bond donors (Lipinski definition) is 2. The second-order valence-corrected chi connectivity index (χ2v) is 9.63. The molecule has 0 bridgehead atoms. The van der Waals surface area contributed by atoms with E-state index in [1.54, 1.807) is 0 Å². The fourth-order valence-electron chi connectivity index (χ4n) is 3.76. The van der Waals surface area contributed by atoms with Gasteiger partial charge in [0.25, 0.3) is 0 Å². The molecule has 0 aromatic heterocycles. The van der Waals surface area contributed by atoms with Crippen LogP contribution in [-0.2, 0) is 28.4 Å². The summed E-state index contributed by atoms with van der Waals surface area (Å²) in [5, 5.41) is 3.11. The molecule has 9 nitrogen and oxygen atoms in total. The van der Waals surface area contributed by atoms with E-state index < -0.39 is 29.0 Å². The molecule has 0 spiro atoms. The van der Waals surface area contributed by atoms with E-state index in [0.717, 1.165) is 30.5 Å². The Bertz CT molecular complexity index is 976. The first-order chi connectivity index (χ1) is 20.9. The van der Waals surface area contributed by atoms with Gasteiger partial charge in [0.1, 0.15) is 5.76 Å². The van der Waals surface area contributed by atoms with Crippen molar-refractivity contribution in [2.24, 2.45) is 5.73 Å². The first-order valence-corrected chi connectivity index (χ1v) is 14.8. The molecule has 0 heterocycles. The number of nitrogens with one attached hydrogen (secondary N) is 1. The maximum absolute atomic E-state index is 14.0. The Morgan fingerprint density at radius 3 is 1.72 bits per heavy atom. The molecule has 1 saturated carbocycles. The molecule has 1 fully saturated rings. The van der Waals surface area contributed by atoms with Crippen molar-refractivity contribution in [1.82, 2.24) is 5.32 Å². The van der Waals surface area contributed by atoms with Crippen LogP contribution in [0.25, 0.3) is 0 Å². The molecule has 0 atom stereocenters. The number of benzene rings is 1. The average molecular weight is 623 g/mol. The van der Waals surface area contributed by atoms with Crippen molar-refractivity contribution in [3.8, 4) is 5.75 Å². The minimum Gasteiger partial charge on any atom is -0.455 e. The Kier molecular flexibility index (Phi) is 19.7. The largest absolute Gasteiger partial charge is 0.455 e. The Morgan fingerprint density at radius 2 is 1.23 bits per heavy atom. The molecular weight excluding hydrogens is 576 g/mol. The fraction of sp³-hybridized carbons (Fsp3) is 0.667. The maximum atomic E-state index is 14.0. The average Bonchev–Trinajstić information content (AvgIpc) is 2.95. The van der Waals surface area contributed by atoms with E-state index in [0.29, 0.717) is 97.8 Å². The van der Waals surface area contributed by atoms with Gasteiger partial charge in [-0.1, -0.05) is 13.3 Å². The molecular formula is C30H46F4N2O7. The van der Waals surface area contributed by atoms with Crippen LogP contribution in [0.3, 0.4) is 0 Å². The van der Waals surface area contributed by atoms with E-state index in [2.05, 4.69) is 12.2 Å². The molecule has 2 rings (SSSR count). The molecule has 0 aliphatic heterocycles. The molecule has 1 aliphatic carbocycles. The van der Waals surface area contributed by atoms with Gasteiger partial charge in [0, 0.05) is 30.9 Å². The highest BCUT2D eigenvalue weighted by Crippen LogP contribution is 2.34. The van der Waals surface area contributed by atoms with Crippen LogP contribution < -0.4 is 15.8 Å². The standard InChI is InChI=1S/C30H46F4N2O7/c1-2-4-24(35)22-36-8-10-38-12-14-40-16-18-42-20-19-41-17-15-39-13-11-37-9-7-27(23-5-3-6-23)43-30-26(32)21-25(31)28(33)29(30)34/h21-22,36H,2-20,35H2,1H3/b24-22-. The number of nitrogens with two attached hydrogens (primary N) is 1. The van der Waals surface area contributed by atoms with Crippen LogP contribution in [0.15, 0.2) is 29.3 Å². The number of ether oxygens (including phenoxy) is 7. The van der Waals surface area contributed by atoms with Crippen LogP contribution in [0, 0.1) is 23.3 Å². The van der Waals surface area contributed by atoms with Gasteiger partial charge in [0.15, 0.2) is 17.5 Å². The van der Waals surface area contributed by atoms with Gasteiger partial charge in [0.05, 0.1) is 79.3 Å². The van der Waals surface area contributed by atoms with Gasteiger partial charge in [-0.05, 0) is 31.3 Å². The van der Waals surface area contributed by atoms with Gasteiger partial charge in [-0.3, -0.25) is 0 Å². The lowest BCUT2D eigenvalue weighted by atomic mass is 9.90. The molecule has 13 heteroatoms. The number of allylic oxidation sites excluding steroid dienone is 2. The highest BCUT2D eigenvalue weighted by Gasteiger charge is 2.24. The van der Waals surface area contributed by atoms with Crippen LogP contribution in [0.5, 0.6) is 5.75 Å². The third kappa shape index (κ3) is 15.7. The van der Waals surface area contributed by atoms with Crippen molar-refractivity contribution >= 4 is 0 Å². The van der Waals surface area contributed by atoms with Crippen LogP contribution >= 0.6 is 0 Å². The maximum Gasteiger partial charge on any atom is 0.207 e. The van der Waals surface area contributed by atoms with Crippen molar-refractivity contribution in [2.45, 2.75) is 45.4 Å². The summed E-state index contributed by atoms with van der Waals surface area (Å²) in [5.41, 5.74) is 7.51. The lowest BCUT2D eigenvalue weighted by Crippen LogP contribution is -2.18. The molecule has 1 aliphatic rings. The number of rotatable bonds is 26. The van der Waals surface area contributed by atoms with Crippen LogP contribution in [-0.4, -0.2) is 85.8 Å². The molecule has 1 aromatic carbocycles. The normalized spacial score (nSPS) is 13.3. The predicted octanol–water partition coefficient (Wildman–Crippen LogP) is 4.74. The quantitative estimate of drug-likeness (QED) is 0.0499. The van der Waals surface area contributed by atoms with Gasteiger partial charge in [0.2, 0.25) is 11.6 Å². The molecule has 0 unspecified atom stereocenters. The molecule has 43 heavy (non-hydrogen) atoms. The van der Waals surface area contributed by atoms with Gasteiger partial charge >= 0.3 is 0 Å². The minimum absolute atomic E-state index is 0.212. The second kappa shape index (κ2) is 23.0. The lowest BCUT2D eigenvalue weighted by molar-refractivity contribution is -0.0165. The highest BCUT2D eigenvalue weighted by molar-refractivity contribution is 5.31. The summed E-state index contributed by atoms with van der Waals surface area (Å²) >= 11 is 0. The Balaban J connectivity index is 1.37. The third-order valence-corrected chi connectivity index (χ3v) is 6.20. The molecule has 3 N–H and O–H groups in total. The molecule has 0 radical (unpaired) electrons. The summed E-state index contributed by atoms with van der Waals surface area (Å²) in [5.74, 6) is -7.00. The van der Waals surface area contributed by atoms with Crippen molar-refractivity contribution in [2.75, 3.05) is 85.8 Å². The zero-order valence-electron chi connectivity index (χ0n) is 25.0. The highest BCUT2D eigenvalue weighted by atomic mass is 19.2. The summed E-state index contributed by atoms with van der Waals surface area (Å²) < 4.78 is 92.8. The molecule has 0 amide bonds. The van der Waals surface area contributed by atoms with Crippen LogP contribution in [0.2, 0.25) is 0 Å². The summed E-state index contributed by atoms with van der Waals surface area (Å²) in [6.07, 6.45) is 6.31. The summed E-state index contributed by atoms with van der Waals surface area (Å²) in [4.78, 5) is 0. The minimum atomic E-state index is -1.77. The Labute approximate surface area is 251 Å². The van der Waals surface area contributed by atoms with Crippen molar-refractivity contribution in [1.29, 1.82) is 0 Å². The second-order valence-electron chi connectivity index (χ2n) is 9.63. The van der Waals surface area contributed by atoms with Crippen molar-refractivity contribution in [3.05, 3.63) is 52.6 Å². The zero-order chi connectivity index (χ0) is 31.1. The van der Waals surface area contributed by atoms with E-state index in [9.17, 15) is 17.6 Å². The Morgan fingerprint density at radius 1 is 0.721 bits per heavy atom. The fourth-order valence-corrected chi connectivity index (χ4v) is 3.76. The molecule has 1 aromatic rings. The van der Waals surface area contributed by atoms with Crippen LogP contribution in [0.4, 0.5) is 17.6 Å². The van der Waals surface area contributed by atoms with E-state index in [1.807, 2.05) is 6.20 Å². The monoisotopic (exact) mass is 622 g/mol. The van der Waals surface area contributed by atoms with Gasteiger partial charge in [-0.25, -0.2) is 13.2 Å². The SMILES string of the molecule is CCC/C(N)=C/NCCOCCOCCOCCOCCOCCOCCC(Oc1c(F)cc(F)c(F)c1F)=C1CCC1. The van der Waals surface area contributed by atoms with Crippen molar-refractivity contribution < 1.29 is 50.7 Å². The van der Waals surface area contributed by atoms with Crippen LogP contribution in [0.1, 0.15) is 45.4 Å². The van der Waals surface area contributed by atoms with E-state index in [-0.39, 0.29) is 19.1 Å². The summed E-state index contributed by atoms with van der Waals surface area (Å²) in [7, 11) is 0. The Hall–Kier alpha value is -2.42. The van der Waals surface area contributed by atoms with Gasteiger partial charge < -0.3 is 44.2 Å². The van der Waals surface area contributed by atoms with Gasteiger partial charge in [-0.15, -0.1) is 0 Å². The predicted molar refractivity (Wildman–Crippen MR) is 152 cm³/mol. The summed E-state index contributed by atoms with van der Waals surface area (Å²) in [6, 6.07) is 0.266. The number of halogens is 4. The third-order valence-electron chi connectivity index (χ3n) is 6.20. The van der Waals surface area contributed by atoms with Gasteiger partial charge in [-0.2, -0.15) is 4.39 Å². The summed E-state index contributed by atoms with van der Waals surface area (Å²) in [6.45, 7) is 7.83. The van der Waals surface area contributed by atoms with E-state index in [1.165, 1.54) is 0 Å².